The largest absolute Gasteiger partial charge is 0.304 e. The molecule has 1 fully saturated rings. The zero-order chi connectivity index (χ0) is 12.1. The Labute approximate surface area is 115 Å². The fraction of sp³-hybridized carbons (Fsp3) is 0.800. The molecular formula is C10H18N4S3. The van der Waals surface area contributed by atoms with Gasteiger partial charge in [0.15, 0.2) is 8.68 Å². The van der Waals surface area contributed by atoms with Crippen LogP contribution in [0.2, 0.25) is 0 Å². The Morgan fingerprint density at radius 1 is 1.18 bits per heavy atom. The molecule has 1 saturated heterocycles. The highest BCUT2D eigenvalue weighted by Crippen LogP contribution is 2.27. The first-order valence-corrected chi connectivity index (χ1v) is 8.72. The normalized spacial score (nSPS) is 18.7. The van der Waals surface area contributed by atoms with E-state index >= 15 is 0 Å². The number of rotatable bonds is 5. The molecule has 0 N–H and O–H groups in total. The van der Waals surface area contributed by atoms with Gasteiger partial charge in [0, 0.05) is 38.5 Å². The molecule has 0 unspecified atom stereocenters. The highest BCUT2D eigenvalue weighted by Gasteiger charge is 2.13. The van der Waals surface area contributed by atoms with Gasteiger partial charge in [0.2, 0.25) is 0 Å². The molecule has 0 aliphatic carbocycles. The van der Waals surface area contributed by atoms with Crippen molar-refractivity contribution >= 4 is 34.9 Å². The summed E-state index contributed by atoms with van der Waals surface area (Å²) in [5.41, 5.74) is 0. The number of thioether (sulfide) groups is 2. The second-order valence-corrected chi connectivity index (χ2v) is 7.40. The van der Waals surface area contributed by atoms with E-state index in [1.807, 2.05) is 18.0 Å². The summed E-state index contributed by atoms with van der Waals surface area (Å²) < 4.78 is 2.16. The first-order valence-electron chi connectivity index (χ1n) is 5.69. The maximum absolute atomic E-state index is 4.17. The summed E-state index contributed by atoms with van der Waals surface area (Å²) in [6.07, 6.45) is 2.04. The first kappa shape index (κ1) is 13.6. The lowest BCUT2D eigenvalue weighted by molar-refractivity contribution is 0.161. The fourth-order valence-electron chi connectivity index (χ4n) is 1.67. The van der Waals surface area contributed by atoms with Gasteiger partial charge in [-0.2, -0.15) is 0 Å². The minimum Gasteiger partial charge on any atom is -0.304 e. The fourth-order valence-corrected chi connectivity index (χ4v) is 4.18. The van der Waals surface area contributed by atoms with E-state index in [1.54, 1.807) is 23.1 Å². The Kier molecular flexibility index (Phi) is 5.55. The van der Waals surface area contributed by atoms with Crippen LogP contribution in [0.1, 0.15) is 0 Å². The zero-order valence-corrected chi connectivity index (χ0v) is 12.7. The summed E-state index contributed by atoms with van der Waals surface area (Å²) in [5.74, 6) is 1.12. The van der Waals surface area contributed by atoms with Gasteiger partial charge in [-0.15, -0.1) is 10.2 Å². The van der Waals surface area contributed by atoms with Crippen LogP contribution in [0.5, 0.6) is 0 Å². The minimum absolute atomic E-state index is 1.06. The van der Waals surface area contributed by atoms with Gasteiger partial charge >= 0.3 is 0 Å². The lowest BCUT2D eigenvalue weighted by atomic mass is 10.3. The van der Waals surface area contributed by atoms with Crippen molar-refractivity contribution in [1.82, 2.24) is 20.0 Å². The molecule has 0 atom stereocenters. The van der Waals surface area contributed by atoms with Crippen molar-refractivity contribution in [2.45, 2.75) is 8.68 Å². The molecule has 1 aliphatic heterocycles. The molecule has 1 aliphatic rings. The van der Waals surface area contributed by atoms with Crippen LogP contribution >= 0.6 is 34.9 Å². The maximum atomic E-state index is 4.17. The number of piperazine rings is 1. The van der Waals surface area contributed by atoms with Crippen LogP contribution in [-0.4, -0.2) is 71.8 Å². The van der Waals surface area contributed by atoms with Crippen molar-refractivity contribution in [1.29, 1.82) is 0 Å². The molecular weight excluding hydrogens is 272 g/mol. The smallest absolute Gasteiger partial charge is 0.175 e. The first-order chi connectivity index (χ1) is 8.28. The third kappa shape index (κ3) is 4.40. The van der Waals surface area contributed by atoms with Crippen molar-refractivity contribution in [3.05, 3.63) is 0 Å². The molecule has 1 aromatic heterocycles. The van der Waals surface area contributed by atoms with Crippen molar-refractivity contribution in [2.75, 3.05) is 51.8 Å². The quantitative estimate of drug-likeness (QED) is 0.766. The summed E-state index contributed by atoms with van der Waals surface area (Å²) in [6, 6.07) is 0. The van der Waals surface area contributed by atoms with Crippen molar-refractivity contribution in [3.63, 3.8) is 0 Å². The second-order valence-electron chi connectivity index (χ2n) is 4.03. The SMILES string of the molecule is CSc1nnc(SCCN2CCN(C)CC2)s1. The van der Waals surface area contributed by atoms with E-state index in [1.165, 1.54) is 26.2 Å². The van der Waals surface area contributed by atoms with E-state index in [-0.39, 0.29) is 0 Å². The number of aromatic nitrogens is 2. The average Bonchev–Trinajstić information content (AvgIpc) is 2.80. The lowest BCUT2D eigenvalue weighted by Crippen LogP contribution is -2.45. The van der Waals surface area contributed by atoms with Gasteiger partial charge in [-0.05, 0) is 13.3 Å². The van der Waals surface area contributed by atoms with Crippen molar-refractivity contribution in [3.8, 4) is 0 Å². The summed E-state index contributed by atoms with van der Waals surface area (Å²) >= 11 is 5.19. The molecule has 96 valence electrons. The molecule has 0 spiro atoms. The number of hydrogen-bond acceptors (Lipinski definition) is 7. The Morgan fingerprint density at radius 2 is 1.88 bits per heavy atom. The molecule has 0 radical (unpaired) electrons. The summed E-state index contributed by atoms with van der Waals surface area (Å²) in [6.45, 7) is 5.94. The van der Waals surface area contributed by atoms with Crippen LogP contribution in [0.15, 0.2) is 8.68 Å². The van der Waals surface area contributed by atoms with Crippen molar-refractivity contribution < 1.29 is 0 Å². The van der Waals surface area contributed by atoms with Crippen LogP contribution in [0.4, 0.5) is 0 Å². The summed E-state index contributed by atoms with van der Waals surface area (Å²) in [5, 5.41) is 8.27. The van der Waals surface area contributed by atoms with Gasteiger partial charge in [0.25, 0.3) is 0 Å². The van der Waals surface area contributed by atoms with Gasteiger partial charge in [0.05, 0.1) is 0 Å². The topological polar surface area (TPSA) is 32.3 Å². The minimum atomic E-state index is 1.06. The molecule has 17 heavy (non-hydrogen) atoms. The second kappa shape index (κ2) is 6.94. The number of hydrogen-bond donors (Lipinski definition) is 0. The van der Waals surface area contributed by atoms with Gasteiger partial charge in [-0.1, -0.05) is 34.9 Å². The zero-order valence-electron chi connectivity index (χ0n) is 10.3. The summed E-state index contributed by atoms with van der Waals surface area (Å²) in [4.78, 5) is 4.92. The van der Waals surface area contributed by atoms with Crippen LogP contribution in [-0.2, 0) is 0 Å². The number of likely N-dealkylation sites (N-methyl/N-ethyl adjacent to an activating group) is 1. The van der Waals surface area contributed by atoms with Crippen LogP contribution in [0.3, 0.4) is 0 Å². The molecule has 0 bridgehead atoms. The van der Waals surface area contributed by atoms with Crippen LogP contribution in [0, 0.1) is 0 Å². The van der Waals surface area contributed by atoms with E-state index < -0.39 is 0 Å². The Morgan fingerprint density at radius 3 is 2.53 bits per heavy atom. The standard InChI is InChI=1S/C10H18N4S3/c1-13-3-5-14(6-4-13)7-8-16-10-12-11-9(15-2)17-10/h3-8H2,1-2H3. The molecule has 0 saturated carbocycles. The molecule has 2 rings (SSSR count). The van der Waals surface area contributed by atoms with Gasteiger partial charge in [-0.25, -0.2) is 0 Å². The monoisotopic (exact) mass is 290 g/mol. The highest BCUT2D eigenvalue weighted by atomic mass is 32.2. The van der Waals surface area contributed by atoms with Gasteiger partial charge < -0.3 is 4.90 Å². The highest BCUT2D eigenvalue weighted by molar-refractivity contribution is 8.02. The molecule has 2 heterocycles. The predicted molar refractivity (Wildman–Crippen MR) is 76.4 cm³/mol. The van der Waals surface area contributed by atoms with E-state index in [0.717, 1.165) is 21.0 Å². The Balaban J connectivity index is 1.65. The average molecular weight is 290 g/mol. The van der Waals surface area contributed by atoms with Crippen LogP contribution in [0.25, 0.3) is 0 Å². The maximum Gasteiger partial charge on any atom is 0.175 e. The molecule has 0 amide bonds. The van der Waals surface area contributed by atoms with Crippen LogP contribution < -0.4 is 0 Å². The molecule has 0 aromatic carbocycles. The van der Waals surface area contributed by atoms with E-state index in [4.69, 9.17) is 0 Å². The predicted octanol–water partition coefficient (Wildman–Crippen LogP) is 1.60. The summed E-state index contributed by atoms with van der Waals surface area (Å²) in [7, 11) is 2.19. The molecule has 7 heteroatoms. The number of nitrogens with zero attached hydrogens (tertiary/aromatic N) is 4. The van der Waals surface area contributed by atoms with Gasteiger partial charge in [-0.3, -0.25) is 4.90 Å². The lowest BCUT2D eigenvalue weighted by Gasteiger charge is -2.32. The van der Waals surface area contributed by atoms with E-state index in [0.29, 0.717) is 0 Å². The molecule has 4 nitrogen and oxygen atoms in total. The molecule has 1 aromatic rings. The third-order valence-corrected chi connectivity index (χ3v) is 5.80. The van der Waals surface area contributed by atoms with E-state index in [2.05, 4.69) is 27.0 Å². The van der Waals surface area contributed by atoms with Crippen molar-refractivity contribution in [2.24, 2.45) is 0 Å². The van der Waals surface area contributed by atoms with Gasteiger partial charge in [0.1, 0.15) is 0 Å². The third-order valence-electron chi connectivity index (χ3n) is 2.79. The Hall–Kier alpha value is 0.180. The Bertz CT molecular complexity index is 336. The van der Waals surface area contributed by atoms with E-state index in [9.17, 15) is 0 Å².